The summed E-state index contributed by atoms with van der Waals surface area (Å²) in [5.41, 5.74) is 7.23. The number of hydrogen-bond donors (Lipinski definition) is 2. The minimum atomic E-state index is 0.262. The van der Waals surface area contributed by atoms with E-state index in [-0.39, 0.29) is 5.82 Å². The lowest BCUT2D eigenvalue weighted by Crippen LogP contribution is -2.04. The smallest absolute Gasteiger partial charge is 0.123 e. The molecule has 0 radical (unpaired) electrons. The average molecular weight is 288 g/mol. The van der Waals surface area contributed by atoms with Gasteiger partial charge in [-0.15, -0.1) is 0 Å². The third-order valence-corrected chi connectivity index (χ3v) is 3.66. The number of unbranched alkanes of at least 4 members (excludes halogenated alkanes) is 5. The normalized spacial score (nSPS) is 9.95. The van der Waals surface area contributed by atoms with Gasteiger partial charge in [-0.1, -0.05) is 51.2 Å². The maximum Gasteiger partial charge on any atom is 0.123 e. The molecule has 4 nitrogen and oxygen atoms in total. The topological polar surface area (TPSA) is 89.4 Å². The van der Waals surface area contributed by atoms with E-state index in [1.165, 1.54) is 25.7 Å². The summed E-state index contributed by atoms with van der Waals surface area (Å²) in [6.07, 6.45) is 7.64. The highest BCUT2D eigenvalue weighted by Crippen LogP contribution is 2.22. The van der Waals surface area contributed by atoms with E-state index in [1.807, 2.05) is 0 Å². The number of nitrogens with one attached hydrogen (secondary N) is 1. The molecular formula is C15H20N4S. The summed E-state index contributed by atoms with van der Waals surface area (Å²) in [7, 11) is 0. The number of aromatic nitrogens is 1. The molecule has 1 aromatic rings. The van der Waals surface area contributed by atoms with Crippen LogP contribution in [0, 0.1) is 27.3 Å². The van der Waals surface area contributed by atoms with Gasteiger partial charge >= 0.3 is 0 Å². The average Bonchev–Trinajstić information content (AvgIpc) is 2.42. The van der Waals surface area contributed by atoms with E-state index in [1.54, 1.807) is 0 Å². The fraction of sp³-hybridized carbons (Fsp3) is 0.533. The lowest BCUT2D eigenvalue weighted by molar-refractivity contribution is 0.607. The molecule has 1 heterocycles. The standard InChI is InChI=1S/C15H20N4S/c1-2-3-4-5-6-7-8-11-12(9-16)14(18)19-15(20)13(11)10-17/h2-8H2,1H3,(H3,18,19,20). The number of nitrogens with zero attached hydrogens (tertiary/aromatic N) is 2. The van der Waals surface area contributed by atoms with E-state index in [2.05, 4.69) is 24.0 Å². The van der Waals surface area contributed by atoms with Gasteiger partial charge in [0.1, 0.15) is 22.6 Å². The van der Waals surface area contributed by atoms with Gasteiger partial charge in [0.05, 0.1) is 11.1 Å². The van der Waals surface area contributed by atoms with Crippen LogP contribution in [0.15, 0.2) is 0 Å². The first-order valence-corrected chi connectivity index (χ1v) is 7.41. The molecule has 0 saturated heterocycles. The molecule has 1 aromatic heterocycles. The summed E-state index contributed by atoms with van der Waals surface area (Å²) >= 11 is 5.10. The van der Waals surface area contributed by atoms with Crippen molar-refractivity contribution < 1.29 is 0 Å². The molecular weight excluding hydrogens is 268 g/mol. The number of nitriles is 2. The van der Waals surface area contributed by atoms with Crippen LogP contribution in [0.25, 0.3) is 0 Å². The third kappa shape index (κ3) is 4.08. The van der Waals surface area contributed by atoms with Gasteiger partial charge in [-0.2, -0.15) is 10.5 Å². The lowest BCUT2D eigenvalue weighted by Gasteiger charge is -2.09. The van der Waals surface area contributed by atoms with Gasteiger partial charge in [-0.05, 0) is 18.4 Å². The van der Waals surface area contributed by atoms with Crippen LogP contribution in [0.4, 0.5) is 5.82 Å². The fourth-order valence-electron chi connectivity index (χ4n) is 2.25. The van der Waals surface area contributed by atoms with Crippen molar-refractivity contribution in [2.45, 2.75) is 51.9 Å². The summed E-state index contributed by atoms with van der Waals surface area (Å²) in [5.74, 6) is 0.262. The second kappa shape index (κ2) is 8.35. The Balaban J connectivity index is 2.81. The molecule has 5 heteroatoms. The Kier molecular flexibility index (Phi) is 6.76. The SMILES string of the molecule is CCCCCCCCc1c(C#N)c(N)[nH]c(=S)c1C#N. The van der Waals surface area contributed by atoms with Crippen molar-refractivity contribution in [2.75, 3.05) is 5.73 Å². The first-order chi connectivity index (χ1) is 9.65. The van der Waals surface area contributed by atoms with Crippen LogP contribution in [-0.2, 0) is 6.42 Å². The largest absolute Gasteiger partial charge is 0.384 e. The number of anilines is 1. The lowest BCUT2D eigenvalue weighted by atomic mass is 9.98. The van der Waals surface area contributed by atoms with Crippen molar-refractivity contribution in [1.82, 2.24) is 4.98 Å². The van der Waals surface area contributed by atoms with Crippen LogP contribution in [0.3, 0.4) is 0 Å². The van der Waals surface area contributed by atoms with Crippen molar-refractivity contribution in [2.24, 2.45) is 0 Å². The van der Waals surface area contributed by atoms with Crippen molar-refractivity contribution in [3.8, 4) is 12.1 Å². The zero-order valence-electron chi connectivity index (χ0n) is 11.8. The molecule has 0 spiro atoms. The number of H-pyrrole nitrogens is 1. The summed E-state index contributed by atoms with van der Waals surface area (Å²) in [6.45, 7) is 2.19. The van der Waals surface area contributed by atoms with Gasteiger partial charge in [-0.3, -0.25) is 0 Å². The minimum absolute atomic E-state index is 0.262. The zero-order chi connectivity index (χ0) is 15.0. The Labute approximate surface area is 125 Å². The Morgan fingerprint density at radius 3 is 2.25 bits per heavy atom. The third-order valence-electron chi connectivity index (χ3n) is 3.35. The molecule has 0 saturated carbocycles. The van der Waals surface area contributed by atoms with Gasteiger partial charge in [0, 0.05) is 0 Å². The quantitative estimate of drug-likeness (QED) is 0.586. The van der Waals surface area contributed by atoms with Crippen molar-refractivity contribution >= 4 is 18.0 Å². The molecule has 1 rings (SSSR count). The number of nitrogens with two attached hydrogens (primary N) is 1. The van der Waals surface area contributed by atoms with Crippen molar-refractivity contribution in [3.63, 3.8) is 0 Å². The molecule has 0 aliphatic heterocycles. The van der Waals surface area contributed by atoms with Gasteiger partial charge in [-0.25, -0.2) is 0 Å². The molecule has 106 valence electrons. The fourth-order valence-corrected chi connectivity index (χ4v) is 2.53. The molecule has 0 amide bonds. The zero-order valence-corrected chi connectivity index (χ0v) is 12.6. The Bertz CT molecular complexity index is 590. The van der Waals surface area contributed by atoms with Gasteiger partial charge in [0.15, 0.2) is 0 Å². The summed E-state index contributed by atoms with van der Waals surface area (Å²) in [4.78, 5) is 2.72. The van der Waals surface area contributed by atoms with Crippen LogP contribution in [0.5, 0.6) is 0 Å². The van der Waals surface area contributed by atoms with E-state index in [9.17, 15) is 10.5 Å². The van der Waals surface area contributed by atoms with Crippen LogP contribution < -0.4 is 5.73 Å². The number of nitrogen functional groups attached to an aromatic ring is 1. The molecule has 0 unspecified atom stereocenters. The van der Waals surface area contributed by atoms with Crippen LogP contribution in [-0.4, -0.2) is 4.98 Å². The monoisotopic (exact) mass is 288 g/mol. The molecule has 20 heavy (non-hydrogen) atoms. The predicted octanol–water partition coefficient (Wildman–Crippen LogP) is 3.97. The molecule has 0 aliphatic carbocycles. The van der Waals surface area contributed by atoms with E-state index in [0.717, 1.165) is 12.8 Å². The molecule has 0 aromatic carbocycles. The highest BCUT2D eigenvalue weighted by atomic mass is 32.1. The first-order valence-electron chi connectivity index (χ1n) is 7.00. The van der Waals surface area contributed by atoms with Crippen molar-refractivity contribution in [1.29, 1.82) is 10.5 Å². The summed E-state index contributed by atoms with van der Waals surface area (Å²) in [6, 6.07) is 4.16. The van der Waals surface area contributed by atoms with Gasteiger partial charge in [0.25, 0.3) is 0 Å². The Morgan fingerprint density at radius 1 is 1.05 bits per heavy atom. The number of hydrogen-bond acceptors (Lipinski definition) is 4. The molecule has 0 fully saturated rings. The highest BCUT2D eigenvalue weighted by molar-refractivity contribution is 7.71. The maximum absolute atomic E-state index is 9.20. The highest BCUT2D eigenvalue weighted by Gasteiger charge is 2.13. The Hall–Kier alpha value is -1.85. The predicted molar refractivity (Wildman–Crippen MR) is 82.5 cm³/mol. The van der Waals surface area contributed by atoms with Crippen LogP contribution >= 0.6 is 12.2 Å². The summed E-state index contributed by atoms with van der Waals surface area (Å²) < 4.78 is 0.324. The van der Waals surface area contributed by atoms with E-state index < -0.39 is 0 Å². The number of rotatable bonds is 7. The maximum atomic E-state index is 9.20. The molecule has 3 N–H and O–H groups in total. The number of pyridine rings is 1. The molecule has 0 bridgehead atoms. The summed E-state index contributed by atoms with van der Waals surface area (Å²) in [5, 5.41) is 18.4. The minimum Gasteiger partial charge on any atom is -0.384 e. The second-order valence-corrected chi connectivity index (χ2v) is 5.25. The second-order valence-electron chi connectivity index (χ2n) is 4.84. The molecule has 0 atom stereocenters. The van der Waals surface area contributed by atoms with Crippen molar-refractivity contribution in [3.05, 3.63) is 21.3 Å². The molecule has 0 aliphatic rings. The van der Waals surface area contributed by atoms with Crippen LogP contribution in [0.1, 0.15) is 62.1 Å². The van der Waals surface area contributed by atoms with E-state index in [0.29, 0.717) is 27.8 Å². The van der Waals surface area contributed by atoms with Gasteiger partial charge < -0.3 is 10.7 Å². The van der Waals surface area contributed by atoms with E-state index in [4.69, 9.17) is 18.0 Å². The number of aromatic amines is 1. The Morgan fingerprint density at radius 2 is 1.65 bits per heavy atom. The first kappa shape index (κ1) is 16.2. The van der Waals surface area contributed by atoms with E-state index >= 15 is 0 Å². The van der Waals surface area contributed by atoms with Gasteiger partial charge in [0.2, 0.25) is 0 Å². The van der Waals surface area contributed by atoms with Crippen LogP contribution in [0.2, 0.25) is 0 Å².